The first-order valence-corrected chi connectivity index (χ1v) is 6.13. The quantitative estimate of drug-likeness (QED) is 0.563. The molecule has 8 nitrogen and oxygen atoms in total. The Labute approximate surface area is 120 Å². The summed E-state index contributed by atoms with van der Waals surface area (Å²) < 4.78 is 4.95. The maximum absolute atomic E-state index is 11.5. The van der Waals surface area contributed by atoms with Crippen LogP contribution in [0.2, 0.25) is 0 Å². The van der Waals surface area contributed by atoms with Gasteiger partial charge in [-0.15, -0.1) is 0 Å². The lowest BCUT2D eigenvalue weighted by atomic mass is 10.1. The molecule has 0 heterocycles. The Morgan fingerprint density at radius 1 is 1.29 bits per heavy atom. The summed E-state index contributed by atoms with van der Waals surface area (Å²) in [6, 6.07) is 5.07. The van der Waals surface area contributed by atoms with Gasteiger partial charge in [-0.1, -0.05) is 12.1 Å². The standard InChI is InChI=1S/C13H16N2O6/c14-10(12(18)19)4-5-15-13(20)21-9-3-1-2-8(6-9)7-11(16)17/h1-3,6,10H,4-5,7,14H2,(H,15,20)(H,16,17)(H,18,19)/t10-/m0/s1. The van der Waals surface area contributed by atoms with Crippen LogP contribution in [0.15, 0.2) is 24.3 Å². The minimum Gasteiger partial charge on any atom is -0.481 e. The molecule has 1 amide bonds. The van der Waals surface area contributed by atoms with E-state index in [0.717, 1.165) is 0 Å². The van der Waals surface area contributed by atoms with E-state index in [1.54, 1.807) is 12.1 Å². The van der Waals surface area contributed by atoms with Gasteiger partial charge in [-0.2, -0.15) is 0 Å². The van der Waals surface area contributed by atoms with Crippen molar-refractivity contribution in [2.75, 3.05) is 6.54 Å². The number of rotatable bonds is 7. The lowest BCUT2D eigenvalue weighted by Crippen LogP contribution is -2.36. The molecule has 0 spiro atoms. The van der Waals surface area contributed by atoms with Crippen molar-refractivity contribution in [1.29, 1.82) is 0 Å². The molecule has 0 bridgehead atoms. The Balaban J connectivity index is 2.44. The number of hydrogen-bond acceptors (Lipinski definition) is 5. The van der Waals surface area contributed by atoms with Crippen LogP contribution in [0.1, 0.15) is 12.0 Å². The van der Waals surface area contributed by atoms with Crippen LogP contribution in [0.4, 0.5) is 4.79 Å². The zero-order valence-electron chi connectivity index (χ0n) is 11.1. The zero-order chi connectivity index (χ0) is 15.8. The molecule has 5 N–H and O–H groups in total. The number of carbonyl (C=O) groups excluding carboxylic acids is 1. The third-order valence-corrected chi connectivity index (χ3v) is 2.51. The highest BCUT2D eigenvalue weighted by atomic mass is 16.6. The molecule has 0 unspecified atom stereocenters. The summed E-state index contributed by atoms with van der Waals surface area (Å²) in [6.07, 6.45) is -0.865. The van der Waals surface area contributed by atoms with Crippen molar-refractivity contribution >= 4 is 18.0 Å². The van der Waals surface area contributed by atoms with Crippen molar-refractivity contribution < 1.29 is 29.3 Å². The fraction of sp³-hybridized carbons (Fsp3) is 0.308. The molecule has 0 aliphatic heterocycles. The molecule has 0 aliphatic rings. The van der Waals surface area contributed by atoms with Crippen LogP contribution in [0.25, 0.3) is 0 Å². The average Bonchev–Trinajstić information content (AvgIpc) is 2.37. The number of nitrogens with two attached hydrogens (primary N) is 1. The molecule has 0 aliphatic carbocycles. The minimum atomic E-state index is -1.15. The molecular weight excluding hydrogens is 280 g/mol. The molecule has 1 aromatic rings. The molecule has 21 heavy (non-hydrogen) atoms. The minimum absolute atomic E-state index is 0.0567. The fourth-order valence-corrected chi connectivity index (χ4v) is 1.49. The highest BCUT2D eigenvalue weighted by Crippen LogP contribution is 2.14. The molecular formula is C13H16N2O6. The van der Waals surface area contributed by atoms with Crippen LogP contribution in [-0.4, -0.2) is 40.8 Å². The van der Waals surface area contributed by atoms with Gasteiger partial charge in [0.2, 0.25) is 0 Å². The van der Waals surface area contributed by atoms with Gasteiger partial charge < -0.3 is 26.0 Å². The Hall–Kier alpha value is -2.61. The van der Waals surface area contributed by atoms with Crippen LogP contribution in [-0.2, 0) is 16.0 Å². The van der Waals surface area contributed by atoms with Gasteiger partial charge >= 0.3 is 18.0 Å². The summed E-state index contributed by atoms with van der Waals surface area (Å²) in [5.41, 5.74) is 5.77. The second kappa shape index (κ2) is 7.85. The molecule has 0 fully saturated rings. The van der Waals surface area contributed by atoms with Crippen molar-refractivity contribution in [3.05, 3.63) is 29.8 Å². The summed E-state index contributed by atoms with van der Waals surface area (Å²) in [7, 11) is 0. The van der Waals surface area contributed by atoms with Crippen LogP contribution in [0, 0.1) is 0 Å². The maximum Gasteiger partial charge on any atom is 0.412 e. The predicted octanol–water partition coefficient (Wildman–Crippen LogP) is 0.204. The molecule has 1 aromatic carbocycles. The third-order valence-electron chi connectivity index (χ3n) is 2.51. The van der Waals surface area contributed by atoms with Gasteiger partial charge in [0.1, 0.15) is 11.8 Å². The number of ether oxygens (including phenoxy) is 1. The largest absolute Gasteiger partial charge is 0.481 e. The molecule has 0 saturated heterocycles. The van der Waals surface area contributed by atoms with Crippen molar-refractivity contribution in [1.82, 2.24) is 5.32 Å². The topological polar surface area (TPSA) is 139 Å². The summed E-state index contributed by atoms with van der Waals surface area (Å²) in [6.45, 7) is 0.0567. The summed E-state index contributed by atoms with van der Waals surface area (Å²) >= 11 is 0. The number of carboxylic acid groups (broad SMARTS) is 2. The third kappa shape index (κ3) is 6.39. The number of nitrogens with one attached hydrogen (secondary N) is 1. The molecule has 0 radical (unpaired) electrons. The van der Waals surface area contributed by atoms with Gasteiger partial charge in [-0.3, -0.25) is 9.59 Å². The predicted molar refractivity (Wildman–Crippen MR) is 72.0 cm³/mol. The van der Waals surface area contributed by atoms with E-state index in [-0.39, 0.29) is 25.1 Å². The normalized spacial score (nSPS) is 11.5. The van der Waals surface area contributed by atoms with Gasteiger partial charge in [0.15, 0.2) is 0 Å². The average molecular weight is 296 g/mol. The zero-order valence-corrected chi connectivity index (χ0v) is 11.1. The van der Waals surface area contributed by atoms with Crippen LogP contribution in [0.5, 0.6) is 5.75 Å². The SMILES string of the molecule is N[C@@H](CCNC(=O)Oc1cccc(CC(=O)O)c1)C(=O)O. The highest BCUT2D eigenvalue weighted by Gasteiger charge is 2.12. The van der Waals surface area contributed by atoms with E-state index in [1.165, 1.54) is 12.1 Å². The van der Waals surface area contributed by atoms with Crippen molar-refractivity contribution in [3.63, 3.8) is 0 Å². The molecule has 0 aromatic heterocycles. The summed E-state index contributed by atoms with van der Waals surface area (Å²) in [5, 5.41) is 19.6. The van der Waals surface area contributed by atoms with Crippen molar-refractivity contribution in [3.8, 4) is 5.75 Å². The first-order valence-electron chi connectivity index (χ1n) is 6.13. The Bertz CT molecular complexity index is 531. The van der Waals surface area contributed by atoms with E-state index in [2.05, 4.69) is 5.32 Å². The number of benzene rings is 1. The Morgan fingerprint density at radius 2 is 2.00 bits per heavy atom. The molecule has 0 saturated carbocycles. The van der Waals surface area contributed by atoms with Crippen LogP contribution in [0.3, 0.4) is 0 Å². The van der Waals surface area contributed by atoms with E-state index in [1.807, 2.05) is 0 Å². The van der Waals surface area contributed by atoms with Crippen LogP contribution >= 0.6 is 0 Å². The first kappa shape index (κ1) is 16.4. The first-order chi connectivity index (χ1) is 9.88. The maximum atomic E-state index is 11.5. The highest BCUT2D eigenvalue weighted by molar-refractivity contribution is 5.74. The number of carboxylic acids is 2. The molecule has 114 valence electrons. The van der Waals surface area contributed by atoms with Crippen LogP contribution < -0.4 is 15.8 Å². The number of carbonyl (C=O) groups is 3. The van der Waals surface area contributed by atoms with E-state index in [9.17, 15) is 14.4 Å². The van der Waals surface area contributed by atoms with E-state index in [4.69, 9.17) is 20.7 Å². The number of amides is 1. The molecule has 1 rings (SSSR count). The van der Waals surface area contributed by atoms with Gasteiger partial charge in [0.05, 0.1) is 6.42 Å². The van der Waals surface area contributed by atoms with E-state index >= 15 is 0 Å². The monoisotopic (exact) mass is 296 g/mol. The van der Waals surface area contributed by atoms with Crippen molar-refractivity contribution in [2.24, 2.45) is 5.73 Å². The summed E-state index contributed by atoms with van der Waals surface area (Å²) in [4.78, 5) is 32.5. The van der Waals surface area contributed by atoms with Gasteiger partial charge in [-0.25, -0.2) is 4.79 Å². The van der Waals surface area contributed by atoms with Gasteiger partial charge in [0, 0.05) is 6.54 Å². The van der Waals surface area contributed by atoms with E-state index in [0.29, 0.717) is 5.56 Å². The smallest absolute Gasteiger partial charge is 0.412 e. The number of aliphatic carboxylic acids is 2. The Morgan fingerprint density at radius 3 is 2.62 bits per heavy atom. The summed E-state index contributed by atoms with van der Waals surface area (Å²) in [5.74, 6) is -1.93. The lowest BCUT2D eigenvalue weighted by Gasteiger charge is -2.09. The van der Waals surface area contributed by atoms with E-state index < -0.39 is 24.1 Å². The Kier molecular flexibility index (Phi) is 6.15. The fourth-order valence-electron chi connectivity index (χ4n) is 1.49. The lowest BCUT2D eigenvalue weighted by molar-refractivity contribution is -0.139. The second-order valence-electron chi connectivity index (χ2n) is 4.27. The van der Waals surface area contributed by atoms with Gasteiger partial charge in [0.25, 0.3) is 0 Å². The second-order valence-corrected chi connectivity index (χ2v) is 4.27. The number of hydrogen-bond donors (Lipinski definition) is 4. The van der Waals surface area contributed by atoms with Crippen molar-refractivity contribution in [2.45, 2.75) is 18.9 Å². The van der Waals surface area contributed by atoms with Gasteiger partial charge in [-0.05, 0) is 24.1 Å². The molecule has 8 heteroatoms. The molecule has 1 atom stereocenters.